The van der Waals surface area contributed by atoms with E-state index in [0.717, 1.165) is 30.8 Å². The monoisotopic (exact) mass is 467 g/mol. The molecule has 2 aromatic rings. The number of hydrogen-bond donors (Lipinski definition) is 1. The number of azo groups is 1. The van der Waals surface area contributed by atoms with Crippen molar-refractivity contribution in [2.45, 2.75) is 33.5 Å². The summed E-state index contributed by atoms with van der Waals surface area (Å²) >= 11 is 0. The number of hydrogen-bond acceptors (Lipinski definition) is 4. The molecular weight excluding hydrogens is 438 g/mol. The van der Waals surface area contributed by atoms with E-state index in [1.54, 1.807) is 0 Å². The van der Waals surface area contributed by atoms with Crippen LogP contribution in [0, 0.1) is 5.92 Å². The van der Waals surface area contributed by atoms with Crippen molar-refractivity contribution in [1.29, 1.82) is 0 Å². The minimum absolute atomic E-state index is 0.121. The lowest BCUT2D eigenvalue weighted by Gasteiger charge is -2.20. The van der Waals surface area contributed by atoms with Gasteiger partial charge in [-0.3, -0.25) is 9.69 Å². The summed E-state index contributed by atoms with van der Waals surface area (Å²) in [6, 6.07) is 13.9. The molecule has 1 N–H and O–H groups in total. The molecule has 2 heterocycles. The summed E-state index contributed by atoms with van der Waals surface area (Å²) in [5.41, 5.74) is 6.80. The van der Waals surface area contributed by atoms with Crippen LogP contribution in [-0.2, 0) is 24.4 Å². The van der Waals surface area contributed by atoms with E-state index in [0.29, 0.717) is 24.5 Å². The predicted molar refractivity (Wildman–Crippen MR) is 136 cm³/mol. The van der Waals surface area contributed by atoms with Crippen molar-refractivity contribution in [2.75, 3.05) is 18.4 Å². The van der Waals surface area contributed by atoms with Crippen LogP contribution in [-0.4, -0.2) is 34.8 Å². The molecular formula is C28H29N5O2. The third-order valence-electron chi connectivity index (χ3n) is 6.80. The Morgan fingerprint density at radius 2 is 1.80 bits per heavy atom. The Bertz CT molecular complexity index is 1270. The van der Waals surface area contributed by atoms with Gasteiger partial charge in [-0.2, -0.15) is 0 Å². The number of rotatable bonds is 6. The zero-order valence-corrected chi connectivity index (χ0v) is 20.1. The summed E-state index contributed by atoms with van der Waals surface area (Å²) in [4.78, 5) is 29.2. The number of amides is 3. The lowest BCUT2D eigenvalue weighted by molar-refractivity contribution is -0.119. The Morgan fingerprint density at radius 3 is 2.57 bits per heavy atom. The number of carbonyl (C=O) groups is 2. The second-order valence-corrected chi connectivity index (χ2v) is 8.99. The highest BCUT2D eigenvalue weighted by Gasteiger charge is 2.28. The van der Waals surface area contributed by atoms with E-state index in [1.165, 1.54) is 16.7 Å². The third kappa shape index (κ3) is 4.72. The van der Waals surface area contributed by atoms with E-state index < -0.39 is 0 Å². The molecule has 1 unspecified atom stereocenters. The average molecular weight is 468 g/mol. The summed E-state index contributed by atoms with van der Waals surface area (Å²) in [6.07, 6.45) is 7.50. The minimum atomic E-state index is -0.379. The largest absolute Gasteiger partial charge is 0.322 e. The van der Waals surface area contributed by atoms with Gasteiger partial charge in [0.2, 0.25) is 0 Å². The normalized spacial score (nSPS) is 18.3. The van der Waals surface area contributed by atoms with Gasteiger partial charge in [0.05, 0.1) is 11.6 Å². The molecule has 7 heteroatoms. The Balaban J connectivity index is 1.24. The molecule has 0 fully saturated rings. The topological polar surface area (TPSA) is 77.4 Å². The van der Waals surface area contributed by atoms with E-state index in [4.69, 9.17) is 0 Å². The fourth-order valence-corrected chi connectivity index (χ4v) is 4.74. The number of allylic oxidation sites excluding steroid dienone is 3. The molecule has 7 nitrogen and oxygen atoms in total. The van der Waals surface area contributed by atoms with Gasteiger partial charge in [-0.15, -0.1) is 10.2 Å². The summed E-state index contributed by atoms with van der Waals surface area (Å²) in [6.45, 7) is 8.54. The Kier molecular flexibility index (Phi) is 6.42. The van der Waals surface area contributed by atoms with Crippen LogP contribution in [0.2, 0.25) is 0 Å². The Hall–Kier alpha value is -3.84. The molecule has 2 aromatic carbocycles. The maximum absolute atomic E-state index is 13.0. The molecule has 1 atom stereocenters. The van der Waals surface area contributed by atoms with Crippen molar-refractivity contribution in [1.82, 2.24) is 9.80 Å². The molecule has 0 radical (unpaired) electrons. The number of nitrogens with zero attached hydrogens (tertiary/aromatic N) is 4. The summed E-state index contributed by atoms with van der Waals surface area (Å²) in [5.74, 6) is -0.628. The predicted octanol–water partition coefficient (Wildman–Crippen LogP) is 5.52. The standard InChI is InChI=1S/C28H29N5O2/c1-3-32(4-2)16-19-9-10-21-17-33(18-22(21)15-19)28(35)29-23-13-11-20(12-14-23)26-24-7-5-6-8-25(24)27(34)31-30-26/h5-15,25H,3-4,16-18H2,1-2H3,(H,29,35). The fourth-order valence-electron chi connectivity index (χ4n) is 4.74. The zero-order valence-electron chi connectivity index (χ0n) is 20.1. The van der Waals surface area contributed by atoms with Crippen molar-refractivity contribution in [2.24, 2.45) is 16.1 Å². The Labute approximate surface area is 205 Å². The van der Waals surface area contributed by atoms with Crippen molar-refractivity contribution >= 4 is 23.3 Å². The molecule has 178 valence electrons. The molecule has 0 spiro atoms. The molecule has 2 aliphatic heterocycles. The van der Waals surface area contributed by atoms with Crippen LogP contribution in [0.5, 0.6) is 0 Å². The lowest BCUT2D eigenvalue weighted by Crippen LogP contribution is -2.30. The van der Waals surface area contributed by atoms with Crippen molar-refractivity contribution in [3.63, 3.8) is 0 Å². The first-order valence-electron chi connectivity index (χ1n) is 12.1. The van der Waals surface area contributed by atoms with E-state index in [1.807, 2.05) is 53.5 Å². The highest BCUT2D eigenvalue weighted by molar-refractivity contribution is 5.92. The minimum Gasteiger partial charge on any atom is -0.316 e. The maximum Gasteiger partial charge on any atom is 0.322 e. The van der Waals surface area contributed by atoms with Crippen molar-refractivity contribution < 1.29 is 9.59 Å². The Morgan fingerprint density at radius 1 is 1.03 bits per heavy atom. The zero-order chi connectivity index (χ0) is 24.4. The number of carbonyl (C=O) groups excluding carboxylic acids is 2. The first-order valence-corrected chi connectivity index (χ1v) is 12.1. The van der Waals surface area contributed by atoms with E-state index in [2.05, 4.69) is 52.5 Å². The van der Waals surface area contributed by atoms with E-state index in [9.17, 15) is 9.59 Å². The highest BCUT2D eigenvalue weighted by Crippen LogP contribution is 2.34. The molecule has 0 saturated heterocycles. The smallest absolute Gasteiger partial charge is 0.316 e. The molecule has 3 aliphatic rings. The highest BCUT2D eigenvalue weighted by atomic mass is 16.2. The SMILES string of the molecule is CCN(CC)Cc1ccc2c(c1)CN(C(=O)Nc1ccc(C3=C4C=CC=CC4C(=O)N=N3)cc1)C2. The van der Waals surface area contributed by atoms with Crippen LogP contribution in [0.3, 0.4) is 0 Å². The quantitative estimate of drug-likeness (QED) is 0.607. The van der Waals surface area contributed by atoms with Crippen LogP contribution in [0.4, 0.5) is 10.5 Å². The van der Waals surface area contributed by atoms with Gasteiger partial charge in [0.25, 0.3) is 5.91 Å². The van der Waals surface area contributed by atoms with Crippen molar-refractivity contribution in [3.05, 3.63) is 94.6 Å². The van der Waals surface area contributed by atoms with Crippen molar-refractivity contribution in [3.8, 4) is 0 Å². The first-order chi connectivity index (χ1) is 17.1. The number of nitrogens with one attached hydrogen (secondary N) is 1. The summed E-state index contributed by atoms with van der Waals surface area (Å²) in [7, 11) is 0. The molecule has 1 aliphatic carbocycles. The van der Waals surface area contributed by atoms with E-state index >= 15 is 0 Å². The van der Waals surface area contributed by atoms with Crippen LogP contribution >= 0.6 is 0 Å². The van der Waals surface area contributed by atoms with Crippen LogP contribution < -0.4 is 5.32 Å². The maximum atomic E-state index is 13.0. The molecule has 0 aromatic heterocycles. The van der Waals surface area contributed by atoms with Crippen LogP contribution in [0.15, 0.2) is 82.6 Å². The second kappa shape index (κ2) is 9.80. The van der Waals surface area contributed by atoms with Crippen LogP contribution in [0.1, 0.15) is 36.1 Å². The average Bonchev–Trinajstić information content (AvgIpc) is 3.32. The van der Waals surface area contributed by atoms with Gasteiger partial charge in [0.15, 0.2) is 0 Å². The second-order valence-electron chi connectivity index (χ2n) is 8.99. The lowest BCUT2D eigenvalue weighted by atomic mass is 9.89. The van der Waals surface area contributed by atoms with Gasteiger partial charge in [-0.25, -0.2) is 4.79 Å². The third-order valence-corrected chi connectivity index (χ3v) is 6.80. The molecule has 5 rings (SSSR count). The van der Waals surface area contributed by atoms with Gasteiger partial charge in [0.1, 0.15) is 0 Å². The molecule has 35 heavy (non-hydrogen) atoms. The van der Waals surface area contributed by atoms with Gasteiger partial charge in [-0.1, -0.05) is 68.5 Å². The molecule has 0 saturated carbocycles. The van der Waals surface area contributed by atoms with Gasteiger partial charge < -0.3 is 10.2 Å². The van der Waals surface area contributed by atoms with Gasteiger partial charge in [-0.05, 0) is 47.5 Å². The summed E-state index contributed by atoms with van der Waals surface area (Å²) < 4.78 is 0. The van der Waals surface area contributed by atoms with Gasteiger partial charge >= 0.3 is 6.03 Å². The first kappa shape index (κ1) is 22.9. The fraction of sp³-hybridized carbons (Fsp3) is 0.286. The van der Waals surface area contributed by atoms with E-state index in [-0.39, 0.29) is 17.9 Å². The number of urea groups is 1. The number of fused-ring (bicyclic) bond motifs is 2. The van der Waals surface area contributed by atoms with Gasteiger partial charge in [0, 0.05) is 30.9 Å². The number of anilines is 1. The van der Waals surface area contributed by atoms with Crippen LogP contribution in [0.25, 0.3) is 5.70 Å². The molecule has 3 amide bonds. The summed E-state index contributed by atoms with van der Waals surface area (Å²) in [5, 5.41) is 11.0. The molecule has 0 bridgehead atoms. The number of benzene rings is 2.